The molecule has 2 rings (SSSR count). The molecule has 0 spiro atoms. The summed E-state index contributed by atoms with van der Waals surface area (Å²) in [6, 6.07) is 3.08. The van der Waals surface area contributed by atoms with Gasteiger partial charge in [-0.25, -0.2) is 17.6 Å². The van der Waals surface area contributed by atoms with E-state index >= 15 is 0 Å². The molecule has 2 aromatic rings. The second kappa shape index (κ2) is 8.66. The summed E-state index contributed by atoms with van der Waals surface area (Å²) in [4.78, 5) is 12.1. The Morgan fingerprint density at radius 1 is 1.31 bits per heavy atom. The zero-order valence-corrected chi connectivity index (χ0v) is 18.3. The van der Waals surface area contributed by atoms with Gasteiger partial charge >= 0.3 is 11.3 Å². The fourth-order valence-corrected chi connectivity index (χ4v) is 3.83. The van der Waals surface area contributed by atoms with Gasteiger partial charge < -0.3 is 14.5 Å². The van der Waals surface area contributed by atoms with Gasteiger partial charge in [0.2, 0.25) is 15.7 Å². The first-order valence-corrected chi connectivity index (χ1v) is 10.8. The van der Waals surface area contributed by atoms with Gasteiger partial charge in [-0.3, -0.25) is 0 Å². The van der Waals surface area contributed by atoms with Crippen LogP contribution in [0.15, 0.2) is 27.8 Å². The van der Waals surface area contributed by atoms with E-state index in [0.717, 1.165) is 6.07 Å². The monoisotopic (exact) mass is 447 g/mol. The molecule has 1 aromatic carbocycles. The number of carbonyl (C=O) groups excluding carboxylic acids is 1. The maximum Gasteiger partial charge on any atom is 0.408 e. The molecule has 29 heavy (non-hydrogen) atoms. The third-order valence-corrected chi connectivity index (χ3v) is 5.41. The molecule has 0 aliphatic carbocycles. The number of alkyl carbamates (subject to hydrolysis) is 1. The number of hydrogen-bond donors (Lipinski definition) is 1. The number of hydrogen-bond acceptors (Lipinski definition) is 7. The van der Waals surface area contributed by atoms with Crippen molar-refractivity contribution in [3.63, 3.8) is 0 Å². The van der Waals surface area contributed by atoms with Crippen LogP contribution in [-0.2, 0) is 20.3 Å². The van der Waals surface area contributed by atoms with Gasteiger partial charge in [0.1, 0.15) is 17.5 Å². The highest BCUT2D eigenvalue weighted by Gasteiger charge is 2.31. The van der Waals surface area contributed by atoms with E-state index in [1.54, 1.807) is 34.6 Å². The first kappa shape index (κ1) is 23.1. The molecule has 0 bridgehead atoms. The zero-order chi connectivity index (χ0) is 22.0. The van der Waals surface area contributed by atoms with Crippen molar-refractivity contribution >= 4 is 27.5 Å². The summed E-state index contributed by atoms with van der Waals surface area (Å²) in [5.74, 6) is -1.82. The summed E-state index contributed by atoms with van der Waals surface area (Å²) in [5, 5.41) is 9.18. The second-order valence-corrected chi connectivity index (χ2v) is 10.0. The number of benzene rings is 1. The van der Waals surface area contributed by atoms with Gasteiger partial charge in [-0.15, -0.1) is 5.10 Å². The average Bonchev–Trinajstić information content (AvgIpc) is 3.05. The summed E-state index contributed by atoms with van der Waals surface area (Å²) < 4.78 is 49.6. The minimum Gasteiger partial charge on any atom is -0.444 e. The Balaban J connectivity index is 2.25. The highest BCUT2D eigenvalue weighted by Crippen LogP contribution is 2.27. The van der Waals surface area contributed by atoms with Gasteiger partial charge in [-0.2, -0.15) is 0 Å². The summed E-state index contributed by atoms with van der Waals surface area (Å²) in [5.41, 5.74) is -0.908. The zero-order valence-electron chi connectivity index (χ0n) is 16.7. The van der Waals surface area contributed by atoms with Crippen LogP contribution in [0.25, 0.3) is 0 Å². The lowest BCUT2D eigenvalue weighted by Gasteiger charge is -2.23. The summed E-state index contributed by atoms with van der Waals surface area (Å²) in [7, 11) is -4.16. The largest absolute Gasteiger partial charge is 0.444 e. The van der Waals surface area contributed by atoms with Crippen molar-refractivity contribution in [3.05, 3.63) is 40.5 Å². The van der Waals surface area contributed by atoms with Crippen molar-refractivity contribution in [1.29, 1.82) is 0 Å². The maximum atomic E-state index is 13.9. The molecular formula is C18H23ClFN3O5S. The predicted molar refractivity (Wildman–Crippen MR) is 104 cm³/mol. The van der Waals surface area contributed by atoms with E-state index in [0.29, 0.717) is 0 Å². The number of aromatic nitrogens is 2. The SMILES string of the molecule is CC(C)[C@H](NC(=O)OC(C)(C)C)c1nnc(S(=O)(=O)Cc2c(F)cccc2Cl)o1. The molecule has 1 atom stereocenters. The van der Waals surface area contributed by atoms with Gasteiger partial charge in [0, 0.05) is 10.6 Å². The number of carbonyl (C=O) groups is 1. The number of sulfone groups is 1. The van der Waals surface area contributed by atoms with Crippen LogP contribution < -0.4 is 5.32 Å². The molecule has 1 aromatic heterocycles. The van der Waals surface area contributed by atoms with E-state index in [2.05, 4.69) is 15.5 Å². The van der Waals surface area contributed by atoms with Crippen molar-refractivity contribution in [2.24, 2.45) is 5.92 Å². The van der Waals surface area contributed by atoms with E-state index in [4.69, 9.17) is 20.8 Å². The normalized spacial score (nSPS) is 13.4. The Hall–Kier alpha value is -2.20. The molecular weight excluding hydrogens is 425 g/mol. The third kappa shape index (κ3) is 6.14. The second-order valence-electron chi connectivity index (χ2n) is 7.73. The van der Waals surface area contributed by atoms with E-state index < -0.39 is 44.4 Å². The number of rotatable bonds is 6. The molecule has 1 heterocycles. The Bertz CT molecular complexity index is 965. The average molecular weight is 448 g/mol. The topological polar surface area (TPSA) is 111 Å². The van der Waals surface area contributed by atoms with Crippen molar-refractivity contribution in [2.75, 3.05) is 0 Å². The van der Waals surface area contributed by atoms with E-state index in [1.165, 1.54) is 12.1 Å². The molecule has 0 unspecified atom stereocenters. The first-order valence-electron chi connectivity index (χ1n) is 8.78. The number of nitrogens with zero attached hydrogens (tertiary/aromatic N) is 2. The summed E-state index contributed by atoms with van der Waals surface area (Å²) in [6.07, 6.45) is -0.711. The molecule has 0 aliphatic heterocycles. The summed E-state index contributed by atoms with van der Waals surface area (Å²) >= 11 is 5.90. The van der Waals surface area contributed by atoms with Gasteiger partial charge in [0.15, 0.2) is 0 Å². The summed E-state index contributed by atoms with van der Waals surface area (Å²) in [6.45, 7) is 8.69. The highest BCUT2D eigenvalue weighted by molar-refractivity contribution is 7.90. The molecule has 0 fully saturated rings. The molecule has 0 aliphatic rings. The smallest absolute Gasteiger partial charge is 0.408 e. The Kier molecular flexibility index (Phi) is 6.89. The number of nitrogens with one attached hydrogen (secondary N) is 1. The van der Waals surface area contributed by atoms with Crippen molar-refractivity contribution in [3.8, 4) is 0 Å². The molecule has 0 radical (unpaired) electrons. The Morgan fingerprint density at radius 3 is 2.52 bits per heavy atom. The van der Waals surface area contributed by atoms with E-state index in [1.807, 2.05) is 0 Å². The fourth-order valence-electron chi connectivity index (χ4n) is 2.34. The van der Waals surface area contributed by atoms with Crippen LogP contribution in [-0.4, -0.2) is 30.3 Å². The Morgan fingerprint density at radius 2 is 1.97 bits per heavy atom. The molecule has 1 amide bonds. The van der Waals surface area contributed by atoms with Gasteiger partial charge in [-0.05, 0) is 38.8 Å². The van der Waals surface area contributed by atoms with Crippen LogP contribution in [0.1, 0.15) is 52.1 Å². The van der Waals surface area contributed by atoms with Crippen LogP contribution in [0.2, 0.25) is 5.02 Å². The standard InChI is InChI=1S/C18H23ClFN3O5S/c1-10(2)14(21-16(24)28-18(3,4)5)15-22-23-17(27-15)29(25,26)9-11-12(19)7-6-8-13(11)20/h6-8,10,14H,9H2,1-5H3,(H,21,24)/t14-/m0/s1. The molecule has 1 N–H and O–H groups in total. The molecule has 0 saturated carbocycles. The Labute approximate surface area is 173 Å². The maximum absolute atomic E-state index is 13.9. The van der Waals surface area contributed by atoms with Crippen LogP contribution in [0.3, 0.4) is 0 Å². The van der Waals surface area contributed by atoms with Crippen molar-refractivity contribution in [2.45, 2.75) is 57.2 Å². The van der Waals surface area contributed by atoms with Gasteiger partial charge in [0.05, 0.1) is 5.75 Å². The lowest BCUT2D eigenvalue weighted by Crippen LogP contribution is -2.37. The van der Waals surface area contributed by atoms with Crippen LogP contribution in [0.5, 0.6) is 0 Å². The third-order valence-electron chi connectivity index (χ3n) is 3.69. The van der Waals surface area contributed by atoms with Gasteiger partial charge in [0.25, 0.3) is 0 Å². The minimum absolute atomic E-state index is 0.0278. The fraction of sp³-hybridized carbons (Fsp3) is 0.500. The van der Waals surface area contributed by atoms with Crippen LogP contribution in [0.4, 0.5) is 9.18 Å². The van der Waals surface area contributed by atoms with E-state index in [-0.39, 0.29) is 22.4 Å². The lowest BCUT2D eigenvalue weighted by molar-refractivity contribution is 0.0477. The van der Waals surface area contributed by atoms with Crippen molar-refractivity contribution in [1.82, 2.24) is 15.5 Å². The molecule has 11 heteroatoms. The lowest BCUT2D eigenvalue weighted by atomic mass is 10.1. The predicted octanol–water partition coefficient (Wildman–Crippen LogP) is 4.06. The number of halogens is 2. The number of amides is 1. The van der Waals surface area contributed by atoms with Crippen molar-refractivity contribution < 1.29 is 26.8 Å². The van der Waals surface area contributed by atoms with Crippen LogP contribution in [0, 0.1) is 11.7 Å². The molecule has 0 saturated heterocycles. The van der Waals surface area contributed by atoms with Gasteiger partial charge in [-0.1, -0.05) is 36.6 Å². The number of ether oxygens (including phenoxy) is 1. The quantitative estimate of drug-likeness (QED) is 0.710. The molecule has 160 valence electrons. The minimum atomic E-state index is -4.16. The molecule has 8 nitrogen and oxygen atoms in total. The first-order chi connectivity index (χ1) is 13.3. The van der Waals surface area contributed by atoms with E-state index in [9.17, 15) is 17.6 Å². The highest BCUT2D eigenvalue weighted by atomic mass is 35.5. The van der Waals surface area contributed by atoms with Crippen LogP contribution >= 0.6 is 11.6 Å².